The summed E-state index contributed by atoms with van der Waals surface area (Å²) in [6.45, 7) is 18.8. The van der Waals surface area contributed by atoms with Crippen LogP contribution in [0, 0.1) is 22.7 Å². The van der Waals surface area contributed by atoms with Crippen molar-refractivity contribution in [1.29, 1.82) is 10.5 Å². The molecular weight excluding hydrogens is 737 g/mol. The van der Waals surface area contributed by atoms with Gasteiger partial charge in [-0.2, -0.15) is 35.4 Å². The van der Waals surface area contributed by atoms with Crippen LogP contribution in [0.15, 0.2) is 133 Å². The molecule has 0 spiro atoms. The number of benzene rings is 8. The summed E-state index contributed by atoms with van der Waals surface area (Å²) in [5.74, 6) is 0. The summed E-state index contributed by atoms with van der Waals surface area (Å²) in [6.07, 6.45) is 1.76. The van der Waals surface area contributed by atoms with E-state index in [1.807, 2.05) is 24.3 Å². The van der Waals surface area contributed by atoms with Crippen molar-refractivity contribution in [2.75, 3.05) is 9.80 Å². The lowest BCUT2D eigenvalue weighted by atomic mass is 9.86. The average Bonchev–Trinajstić information content (AvgIpc) is 3.23. The Bertz CT molecular complexity index is 2670. The molecule has 0 saturated carbocycles. The van der Waals surface area contributed by atoms with E-state index in [9.17, 15) is 10.5 Å². The van der Waals surface area contributed by atoms with Crippen molar-refractivity contribution in [3.8, 4) is 12.1 Å². The van der Waals surface area contributed by atoms with Crippen LogP contribution in [0.5, 0.6) is 0 Å². The molecule has 0 N–H and O–H groups in total. The van der Waals surface area contributed by atoms with Gasteiger partial charge >= 0.3 is 0 Å². The van der Waals surface area contributed by atoms with Gasteiger partial charge in [0.15, 0.2) is 0 Å². The van der Waals surface area contributed by atoms with Gasteiger partial charge in [0, 0.05) is 33.5 Å². The normalized spacial score (nSPS) is 11.9. The topological polar surface area (TPSA) is 54.1 Å². The number of hydrogen-bond acceptors (Lipinski definition) is 4. The van der Waals surface area contributed by atoms with Crippen LogP contribution in [0.2, 0.25) is 39.3 Å². The molecule has 0 aromatic heterocycles. The molecule has 0 aliphatic heterocycles. The van der Waals surface area contributed by atoms with Crippen molar-refractivity contribution in [1.82, 2.24) is 0 Å². The Morgan fingerprint density at radius 1 is 0.483 bits per heavy atom. The van der Waals surface area contributed by atoms with E-state index in [1.165, 1.54) is 53.8 Å². The molecule has 0 radical (unpaired) electrons. The van der Waals surface area contributed by atoms with E-state index in [0.29, 0.717) is 11.1 Å². The van der Waals surface area contributed by atoms with E-state index in [2.05, 4.69) is 184 Å². The van der Waals surface area contributed by atoms with E-state index in [-0.39, 0.29) is 0 Å². The Labute approximate surface area is 345 Å². The first-order valence-corrected chi connectivity index (χ1v) is 27.4. The lowest BCUT2D eigenvalue weighted by Crippen LogP contribution is -2.37. The fourth-order valence-electron chi connectivity index (χ4n) is 8.50. The third-order valence-corrected chi connectivity index (χ3v) is 15.9. The van der Waals surface area contributed by atoms with Gasteiger partial charge in [-0.15, -0.1) is 8.07 Å². The molecule has 0 saturated heterocycles. The lowest BCUT2D eigenvalue weighted by molar-refractivity contribution is 1.15. The number of nitriles is 2. The molecule has 8 rings (SSSR count). The van der Waals surface area contributed by atoms with Gasteiger partial charge in [-0.1, -0.05) is 87.2 Å². The second-order valence-corrected chi connectivity index (χ2v) is 27.6. The number of aryl methyl sites for hydroxylation is 2. The molecule has 0 fully saturated rings. The quantitative estimate of drug-likeness (QED) is 0.102. The highest BCUT2D eigenvalue weighted by atomic mass is 28.3. The van der Waals surface area contributed by atoms with Crippen LogP contribution in [-0.4, -0.2) is 16.1 Å². The minimum absolute atomic E-state index is 0.643. The van der Waals surface area contributed by atoms with Crippen molar-refractivity contribution in [3.05, 3.63) is 156 Å². The first-order chi connectivity index (χ1) is 27.8. The Hall–Kier alpha value is -6.19. The van der Waals surface area contributed by atoms with Crippen LogP contribution in [-0.2, 0) is 12.8 Å². The first kappa shape index (κ1) is 38.7. The maximum Gasteiger partial charge on any atom is 0.0991 e. The Kier molecular flexibility index (Phi) is 9.97. The molecule has 0 atom stereocenters. The molecule has 4 nitrogen and oxygen atoms in total. The standard InChI is InChI=1S/C52H50N4Si2/c1-9-37-31-49(55(39-15-11-35(33-53)12-16-39)41-19-23-43(24-20-41)57(3,4)5)47-30-28-46-38(10-2)32-50(48-29-27-45(37)51(47)52(46)48)56(40-17-13-36(34-54)14-18-40)42-21-25-44(26-22-42)58(6,7)8/h11-32H,9-10H2,1-8H3/q-1. The molecule has 6 heteroatoms. The largest absolute Gasteiger partial charge is 0.310 e. The van der Waals surface area contributed by atoms with Crippen LogP contribution in [0.4, 0.5) is 34.1 Å². The molecule has 58 heavy (non-hydrogen) atoms. The van der Waals surface area contributed by atoms with E-state index in [0.717, 1.165) is 47.0 Å². The summed E-state index contributed by atoms with van der Waals surface area (Å²) < 4.78 is 0. The summed E-state index contributed by atoms with van der Waals surface area (Å²) in [4.78, 5) is 4.76. The predicted molar refractivity (Wildman–Crippen MR) is 254 cm³/mol. The second kappa shape index (κ2) is 15.0. The lowest BCUT2D eigenvalue weighted by Gasteiger charge is -2.32. The van der Waals surface area contributed by atoms with Gasteiger partial charge in [-0.3, -0.25) is 0 Å². The summed E-state index contributed by atoms with van der Waals surface area (Å²) in [5.41, 5.74) is 10.3. The van der Waals surface area contributed by atoms with Gasteiger partial charge in [-0.25, -0.2) is 0 Å². The zero-order valence-corrected chi connectivity index (χ0v) is 36.9. The molecule has 0 aliphatic carbocycles. The van der Waals surface area contributed by atoms with E-state index >= 15 is 0 Å². The van der Waals surface area contributed by atoms with Crippen molar-refractivity contribution in [2.24, 2.45) is 0 Å². The highest BCUT2D eigenvalue weighted by Gasteiger charge is 2.25. The third kappa shape index (κ3) is 6.83. The van der Waals surface area contributed by atoms with Crippen LogP contribution in [0.25, 0.3) is 32.3 Å². The molecule has 0 bridgehead atoms. The Morgan fingerprint density at radius 3 is 1.16 bits per heavy atom. The zero-order chi connectivity index (χ0) is 40.9. The molecule has 287 valence electrons. The molecule has 0 aliphatic rings. The van der Waals surface area contributed by atoms with Gasteiger partial charge < -0.3 is 9.80 Å². The van der Waals surface area contributed by atoms with Crippen molar-refractivity contribution in [3.63, 3.8) is 0 Å². The van der Waals surface area contributed by atoms with Crippen molar-refractivity contribution < 1.29 is 0 Å². The average molecular weight is 787 g/mol. The summed E-state index contributed by atoms with van der Waals surface area (Å²) in [7, 11) is -3.05. The second-order valence-electron chi connectivity index (χ2n) is 17.5. The predicted octanol–water partition coefficient (Wildman–Crippen LogP) is 13.5. The maximum atomic E-state index is 9.72. The number of nitrogens with zero attached hydrogens (tertiary/aromatic N) is 4. The fraction of sp³-hybridized carbons (Fsp3) is 0.192. The summed E-state index contributed by atoms with van der Waals surface area (Å²) >= 11 is 0. The van der Waals surface area contributed by atoms with Crippen LogP contribution in [0.3, 0.4) is 0 Å². The van der Waals surface area contributed by atoms with E-state index in [4.69, 9.17) is 0 Å². The Morgan fingerprint density at radius 2 is 0.828 bits per heavy atom. The van der Waals surface area contributed by atoms with Crippen LogP contribution in [0.1, 0.15) is 36.1 Å². The van der Waals surface area contributed by atoms with Crippen LogP contribution >= 0.6 is 0 Å². The molecule has 8 aromatic carbocycles. The van der Waals surface area contributed by atoms with Gasteiger partial charge in [0.2, 0.25) is 0 Å². The molecule has 0 heterocycles. The minimum atomic E-state index is -1.53. The van der Waals surface area contributed by atoms with Crippen molar-refractivity contribution in [2.45, 2.75) is 66.0 Å². The smallest absolute Gasteiger partial charge is 0.0991 e. The van der Waals surface area contributed by atoms with Gasteiger partial charge in [0.25, 0.3) is 0 Å². The SMILES string of the molecule is CCc1cc(N(c2ccc(C#N)cc2)c2ccc([Si](C)(C)C)cc2)c2ccc3c(CC)cc(N(c4ccc(C#N)cc4)c4ccc([Si-](C)(C)C)cc4)c4ccc1c2c34. The van der Waals surface area contributed by atoms with E-state index < -0.39 is 16.1 Å². The van der Waals surface area contributed by atoms with Gasteiger partial charge in [0.1, 0.15) is 0 Å². The third-order valence-electron chi connectivity index (χ3n) is 11.8. The molecule has 0 unspecified atom stereocenters. The van der Waals surface area contributed by atoms with Gasteiger partial charge in [0.05, 0.1) is 42.7 Å². The highest BCUT2D eigenvalue weighted by molar-refractivity contribution is 6.89. The number of anilines is 6. The molecule has 8 aromatic rings. The number of hydrogen-bond donors (Lipinski definition) is 0. The summed E-state index contributed by atoms with van der Waals surface area (Å²) in [6, 6.07) is 53.0. The highest BCUT2D eigenvalue weighted by Crippen LogP contribution is 2.49. The number of rotatable bonds is 10. The molecule has 0 amide bonds. The maximum absolute atomic E-state index is 9.72. The van der Waals surface area contributed by atoms with Gasteiger partial charge in [-0.05, 0) is 130 Å². The van der Waals surface area contributed by atoms with E-state index in [1.54, 1.807) is 0 Å². The Balaban J connectivity index is 1.44. The van der Waals surface area contributed by atoms with Crippen LogP contribution < -0.4 is 20.2 Å². The zero-order valence-electron chi connectivity index (χ0n) is 34.9. The minimum Gasteiger partial charge on any atom is -0.310 e. The monoisotopic (exact) mass is 786 g/mol. The molecular formula is C52H50N4Si2-. The fourth-order valence-corrected chi connectivity index (χ4v) is 10.8. The summed E-state index contributed by atoms with van der Waals surface area (Å²) in [5, 5.41) is 29.7. The first-order valence-electron chi connectivity index (χ1n) is 20.4. The van der Waals surface area contributed by atoms with Crippen molar-refractivity contribution >= 4 is 93.0 Å².